The fourth-order valence-electron chi connectivity index (χ4n) is 1.43. The van der Waals surface area contributed by atoms with Gasteiger partial charge in [-0.3, -0.25) is 4.79 Å². The van der Waals surface area contributed by atoms with Crippen LogP contribution < -0.4 is 5.32 Å². The Morgan fingerprint density at radius 2 is 2.41 bits per heavy atom. The van der Waals surface area contributed by atoms with Crippen molar-refractivity contribution in [3.05, 3.63) is 47.8 Å². The van der Waals surface area contributed by atoms with E-state index in [0.29, 0.717) is 5.56 Å². The average molecular weight is 247 g/mol. The highest BCUT2D eigenvalue weighted by atomic mass is 32.2. The number of aromatic nitrogens is 2. The van der Waals surface area contributed by atoms with Gasteiger partial charge in [-0.25, -0.2) is 4.98 Å². The van der Waals surface area contributed by atoms with Crippen LogP contribution in [0.3, 0.4) is 0 Å². The summed E-state index contributed by atoms with van der Waals surface area (Å²) in [6.07, 6.45) is 3.52. The molecule has 0 saturated heterocycles. The van der Waals surface area contributed by atoms with E-state index in [9.17, 15) is 4.79 Å². The molecule has 0 spiro atoms. The van der Waals surface area contributed by atoms with Crippen molar-refractivity contribution in [3.8, 4) is 0 Å². The van der Waals surface area contributed by atoms with Crippen molar-refractivity contribution in [2.75, 3.05) is 7.05 Å². The predicted octanol–water partition coefficient (Wildman–Crippen LogP) is 2.06. The van der Waals surface area contributed by atoms with Gasteiger partial charge in [0.2, 0.25) is 0 Å². The number of benzene rings is 1. The standard InChI is InChI=1S/C12H13N3OS/c1-13-11(16)10-4-2-3-9(7-10)8-17-12-14-5-6-15-12/h2-7H,8H2,1H3,(H,13,16)(H,14,15). The maximum atomic E-state index is 11.5. The molecule has 1 amide bonds. The highest BCUT2D eigenvalue weighted by molar-refractivity contribution is 7.98. The van der Waals surface area contributed by atoms with Crippen molar-refractivity contribution in [1.82, 2.24) is 15.3 Å². The maximum absolute atomic E-state index is 11.5. The number of amides is 1. The van der Waals surface area contributed by atoms with Gasteiger partial charge in [0.05, 0.1) is 0 Å². The number of nitrogens with zero attached hydrogens (tertiary/aromatic N) is 1. The van der Waals surface area contributed by atoms with Crippen molar-refractivity contribution in [3.63, 3.8) is 0 Å². The molecule has 2 aromatic rings. The minimum Gasteiger partial charge on any atom is -0.355 e. The molecule has 5 heteroatoms. The number of nitrogens with one attached hydrogen (secondary N) is 2. The lowest BCUT2D eigenvalue weighted by atomic mass is 10.1. The second kappa shape index (κ2) is 5.54. The van der Waals surface area contributed by atoms with E-state index in [0.717, 1.165) is 16.5 Å². The van der Waals surface area contributed by atoms with E-state index in [4.69, 9.17) is 0 Å². The van der Waals surface area contributed by atoms with Crippen molar-refractivity contribution < 1.29 is 4.79 Å². The first-order valence-corrected chi connectivity index (χ1v) is 6.21. The predicted molar refractivity (Wildman–Crippen MR) is 68.0 cm³/mol. The van der Waals surface area contributed by atoms with Gasteiger partial charge in [0, 0.05) is 30.8 Å². The Morgan fingerprint density at radius 3 is 3.12 bits per heavy atom. The molecule has 0 aliphatic heterocycles. The van der Waals surface area contributed by atoms with Gasteiger partial charge in [-0.05, 0) is 17.7 Å². The summed E-state index contributed by atoms with van der Waals surface area (Å²) in [7, 11) is 1.63. The highest BCUT2D eigenvalue weighted by Crippen LogP contribution is 2.19. The molecule has 0 atom stereocenters. The molecule has 17 heavy (non-hydrogen) atoms. The first-order chi connectivity index (χ1) is 8.29. The van der Waals surface area contributed by atoms with Crippen LogP contribution in [0.1, 0.15) is 15.9 Å². The molecule has 1 heterocycles. The molecule has 0 radical (unpaired) electrons. The quantitative estimate of drug-likeness (QED) is 0.813. The summed E-state index contributed by atoms with van der Waals surface area (Å²) >= 11 is 1.61. The molecule has 4 nitrogen and oxygen atoms in total. The summed E-state index contributed by atoms with van der Waals surface area (Å²) in [4.78, 5) is 18.6. The molecule has 0 saturated carbocycles. The highest BCUT2D eigenvalue weighted by Gasteiger charge is 2.04. The molecule has 0 unspecified atom stereocenters. The maximum Gasteiger partial charge on any atom is 0.251 e. The van der Waals surface area contributed by atoms with Gasteiger partial charge in [-0.2, -0.15) is 0 Å². The van der Waals surface area contributed by atoms with Crippen molar-refractivity contribution >= 4 is 17.7 Å². The van der Waals surface area contributed by atoms with E-state index in [-0.39, 0.29) is 5.91 Å². The van der Waals surface area contributed by atoms with Crippen LogP contribution in [-0.2, 0) is 5.75 Å². The number of aromatic amines is 1. The summed E-state index contributed by atoms with van der Waals surface area (Å²) < 4.78 is 0. The minimum absolute atomic E-state index is 0.0603. The third kappa shape index (κ3) is 3.10. The Balaban J connectivity index is 2.03. The fourth-order valence-corrected chi connectivity index (χ4v) is 2.20. The minimum atomic E-state index is -0.0603. The van der Waals surface area contributed by atoms with Gasteiger partial charge >= 0.3 is 0 Å². The van der Waals surface area contributed by atoms with Crippen LogP contribution in [0.5, 0.6) is 0 Å². The van der Waals surface area contributed by atoms with Crippen LogP contribution in [0.4, 0.5) is 0 Å². The summed E-state index contributed by atoms with van der Waals surface area (Å²) in [5.41, 5.74) is 1.79. The van der Waals surface area contributed by atoms with Crippen molar-refractivity contribution in [2.24, 2.45) is 0 Å². The number of carbonyl (C=O) groups is 1. The van der Waals surface area contributed by atoms with Gasteiger partial charge in [-0.15, -0.1) is 0 Å². The zero-order valence-electron chi connectivity index (χ0n) is 9.43. The van der Waals surface area contributed by atoms with Crippen LogP contribution in [-0.4, -0.2) is 22.9 Å². The van der Waals surface area contributed by atoms with Gasteiger partial charge in [-0.1, -0.05) is 23.9 Å². The van der Waals surface area contributed by atoms with Crippen LogP contribution in [0.15, 0.2) is 41.8 Å². The second-order valence-corrected chi connectivity index (χ2v) is 4.43. The van der Waals surface area contributed by atoms with Crippen molar-refractivity contribution in [2.45, 2.75) is 10.9 Å². The van der Waals surface area contributed by atoms with E-state index in [2.05, 4.69) is 15.3 Å². The van der Waals surface area contributed by atoms with E-state index in [1.165, 1.54) is 0 Å². The Kier molecular flexibility index (Phi) is 3.82. The first-order valence-electron chi connectivity index (χ1n) is 5.23. The van der Waals surface area contributed by atoms with Crippen LogP contribution >= 0.6 is 11.8 Å². The zero-order valence-corrected chi connectivity index (χ0v) is 10.3. The number of hydrogen-bond acceptors (Lipinski definition) is 3. The molecule has 0 fully saturated rings. The summed E-state index contributed by atoms with van der Waals surface area (Å²) in [5, 5.41) is 3.50. The third-order valence-electron chi connectivity index (χ3n) is 2.26. The normalized spacial score (nSPS) is 10.2. The summed E-state index contributed by atoms with van der Waals surface area (Å²) in [5.74, 6) is 0.730. The Morgan fingerprint density at radius 1 is 1.53 bits per heavy atom. The van der Waals surface area contributed by atoms with Gasteiger partial charge in [0.25, 0.3) is 5.91 Å². The van der Waals surface area contributed by atoms with Crippen LogP contribution in [0, 0.1) is 0 Å². The number of imidazole rings is 1. The molecule has 1 aromatic heterocycles. The monoisotopic (exact) mass is 247 g/mol. The van der Waals surface area contributed by atoms with E-state index >= 15 is 0 Å². The average Bonchev–Trinajstić information content (AvgIpc) is 2.89. The van der Waals surface area contributed by atoms with E-state index < -0.39 is 0 Å². The Labute approximate surface area is 104 Å². The number of hydrogen-bond donors (Lipinski definition) is 2. The lowest BCUT2D eigenvalue weighted by Gasteiger charge is -2.03. The fraction of sp³-hybridized carbons (Fsp3) is 0.167. The molecular weight excluding hydrogens is 234 g/mol. The SMILES string of the molecule is CNC(=O)c1cccc(CSc2ncc[nH]2)c1. The van der Waals surface area contributed by atoms with Crippen LogP contribution in [0.2, 0.25) is 0 Å². The lowest BCUT2D eigenvalue weighted by molar-refractivity contribution is 0.0963. The molecule has 88 valence electrons. The summed E-state index contributed by atoms with van der Waals surface area (Å²) in [6.45, 7) is 0. The van der Waals surface area contributed by atoms with Gasteiger partial charge in [0.1, 0.15) is 0 Å². The smallest absolute Gasteiger partial charge is 0.251 e. The number of thioether (sulfide) groups is 1. The topological polar surface area (TPSA) is 57.8 Å². The van der Waals surface area contributed by atoms with Crippen molar-refractivity contribution in [1.29, 1.82) is 0 Å². The van der Waals surface area contributed by atoms with Gasteiger partial charge < -0.3 is 10.3 Å². The molecule has 0 aliphatic carbocycles. The van der Waals surface area contributed by atoms with E-state index in [1.807, 2.05) is 18.2 Å². The zero-order chi connectivity index (χ0) is 12.1. The molecule has 0 bridgehead atoms. The molecule has 1 aromatic carbocycles. The lowest BCUT2D eigenvalue weighted by Crippen LogP contribution is -2.17. The number of carbonyl (C=O) groups excluding carboxylic acids is 1. The van der Waals surface area contributed by atoms with Gasteiger partial charge in [0.15, 0.2) is 5.16 Å². The number of H-pyrrole nitrogens is 1. The molecular formula is C12H13N3OS. The van der Waals surface area contributed by atoms with Crippen LogP contribution in [0.25, 0.3) is 0 Å². The number of rotatable bonds is 4. The third-order valence-corrected chi connectivity index (χ3v) is 3.24. The summed E-state index contributed by atoms with van der Waals surface area (Å²) in [6, 6.07) is 7.60. The second-order valence-electron chi connectivity index (χ2n) is 3.46. The largest absolute Gasteiger partial charge is 0.355 e. The molecule has 2 N–H and O–H groups in total. The molecule has 2 rings (SSSR count). The van der Waals surface area contributed by atoms with E-state index in [1.54, 1.807) is 37.3 Å². The Bertz CT molecular complexity index is 496. The Hall–Kier alpha value is -1.75. The first kappa shape index (κ1) is 11.7. The molecule has 0 aliphatic rings.